The van der Waals surface area contributed by atoms with Crippen molar-refractivity contribution < 1.29 is 14.0 Å². The molecule has 182 valence electrons. The van der Waals surface area contributed by atoms with Crippen LogP contribution >= 0.6 is 0 Å². The summed E-state index contributed by atoms with van der Waals surface area (Å²) in [6.07, 6.45) is 4.53. The maximum atomic E-state index is 13.4. The maximum Gasteiger partial charge on any atom is 0.318 e. The van der Waals surface area contributed by atoms with Crippen molar-refractivity contribution in [1.29, 1.82) is 0 Å². The lowest BCUT2D eigenvalue weighted by molar-refractivity contribution is -0.132. The minimum absolute atomic E-state index is 0.00922. The summed E-state index contributed by atoms with van der Waals surface area (Å²) < 4.78 is 13.4. The number of fused-ring (bicyclic) bond motifs is 1. The van der Waals surface area contributed by atoms with Gasteiger partial charge < -0.3 is 20.1 Å². The van der Waals surface area contributed by atoms with E-state index in [1.807, 2.05) is 38.2 Å². The molecule has 0 bridgehead atoms. The van der Waals surface area contributed by atoms with Crippen molar-refractivity contribution in [1.82, 2.24) is 20.1 Å². The highest BCUT2D eigenvalue weighted by Crippen LogP contribution is 2.19. The first-order valence-electron chi connectivity index (χ1n) is 12.0. The van der Waals surface area contributed by atoms with Crippen LogP contribution in [0.25, 0.3) is 10.9 Å². The zero-order valence-corrected chi connectivity index (χ0v) is 20.3. The van der Waals surface area contributed by atoms with Gasteiger partial charge in [-0.15, -0.1) is 0 Å². The zero-order valence-electron chi connectivity index (χ0n) is 20.3. The zero-order chi connectivity index (χ0) is 24.5. The summed E-state index contributed by atoms with van der Waals surface area (Å²) in [5, 5.41) is 4.05. The number of carbonyl (C=O) groups excluding carboxylic acids is 2. The largest absolute Gasteiger partial charge is 0.361 e. The van der Waals surface area contributed by atoms with Gasteiger partial charge in [-0.25, -0.2) is 9.18 Å². The second kappa shape index (κ2) is 12.2. The third-order valence-electron chi connectivity index (χ3n) is 5.96. The van der Waals surface area contributed by atoms with Crippen molar-refractivity contribution in [2.75, 3.05) is 19.6 Å². The van der Waals surface area contributed by atoms with Crippen LogP contribution in [0.15, 0.2) is 54.7 Å². The van der Waals surface area contributed by atoms with Crippen molar-refractivity contribution in [3.63, 3.8) is 0 Å². The lowest BCUT2D eigenvalue weighted by atomic mass is 10.1. The van der Waals surface area contributed by atoms with Crippen molar-refractivity contribution in [2.24, 2.45) is 0 Å². The lowest BCUT2D eigenvalue weighted by Crippen LogP contribution is -2.49. The monoisotopic (exact) mass is 466 g/mol. The molecule has 2 N–H and O–H groups in total. The quantitative estimate of drug-likeness (QED) is 0.386. The number of unbranched alkanes of at least 4 members (excludes halogenated alkanes) is 1. The fourth-order valence-corrected chi connectivity index (χ4v) is 3.90. The number of aromatic nitrogens is 1. The van der Waals surface area contributed by atoms with Gasteiger partial charge in [0.1, 0.15) is 12.4 Å². The van der Waals surface area contributed by atoms with E-state index < -0.39 is 0 Å². The summed E-state index contributed by atoms with van der Waals surface area (Å²) in [7, 11) is 0. The van der Waals surface area contributed by atoms with E-state index in [4.69, 9.17) is 0 Å². The van der Waals surface area contributed by atoms with Crippen LogP contribution in [0.5, 0.6) is 0 Å². The fourth-order valence-electron chi connectivity index (χ4n) is 3.90. The van der Waals surface area contributed by atoms with Crippen LogP contribution in [0.1, 0.15) is 44.7 Å². The van der Waals surface area contributed by atoms with Crippen molar-refractivity contribution >= 4 is 22.8 Å². The molecule has 0 atom stereocenters. The SMILES string of the molecule is CCCCNC(=O)N(CC(=O)N(CCc1c[nH]c2ccccc12)Cc1ccc(F)cc1)C(C)C. The molecule has 0 spiro atoms. The number of hydrogen-bond acceptors (Lipinski definition) is 2. The van der Waals surface area contributed by atoms with E-state index in [2.05, 4.69) is 23.3 Å². The molecular formula is C27H35FN4O2. The van der Waals surface area contributed by atoms with E-state index >= 15 is 0 Å². The molecule has 2 aromatic carbocycles. The predicted octanol–water partition coefficient (Wildman–Crippen LogP) is 5.10. The minimum Gasteiger partial charge on any atom is -0.361 e. The molecule has 7 heteroatoms. The normalized spacial score (nSPS) is 11.1. The maximum absolute atomic E-state index is 13.4. The highest BCUT2D eigenvalue weighted by molar-refractivity contribution is 5.85. The van der Waals surface area contributed by atoms with Gasteiger partial charge in [0.2, 0.25) is 5.91 Å². The molecule has 3 aromatic rings. The van der Waals surface area contributed by atoms with Crippen LogP contribution in [-0.2, 0) is 17.8 Å². The van der Waals surface area contributed by atoms with Crippen LogP contribution < -0.4 is 5.32 Å². The average Bonchev–Trinajstić information content (AvgIpc) is 3.24. The molecular weight excluding hydrogens is 431 g/mol. The number of benzene rings is 2. The average molecular weight is 467 g/mol. The van der Waals surface area contributed by atoms with Gasteiger partial charge in [-0.2, -0.15) is 0 Å². The van der Waals surface area contributed by atoms with Gasteiger partial charge >= 0.3 is 6.03 Å². The summed E-state index contributed by atoms with van der Waals surface area (Å²) in [5.41, 5.74) is 3.03. The first-order valence-corrected chi connectivity index (χ1v) is 12.0. The first kappa shape index (κ1) is 25.3. The molecule has 0 saturated carbocycles. The molecule has 3 rings (SSSR count). The molecule has 1 heterocycles. The van der Waals surface area contributed by atoms with E-state index in [1.54, 1.807) is 21.9 Å². The van der Waals surface area contributed by atoms with Gasteiger partial charge in [0.05, 0.1) is 0 Å². The van der Waals surface area contributed by atoms with Crippen LogP contribution in [0.2, 0.25) is 0 Å². The van der Waals surface area contributed by atoms with Gasteiger partial charge in [0, 0.05) is 42.8 Å². The van der Waals surface area contributed by atoms with Crippen LogP contribution in [0.3, 0.4) is 0 Å². The summed E-state index contributed by atoms with van der Waals surface area (Å²) in [6, 6.07) is 13.9. The van der Waals surface area contributed by atoms with Crippen molar-refractivity contribution in [2.45, 2.75) is 52.6 Å². The Morgan fingerprint density at radius 1 is 1.09 bits per heavy atom. The number of rotatable bonds is 11. The van der Waals surface area contributed by atoms with E-state index in [-0.39, 0.29) is 30.3 Å². The Hall–Kier alpha value is -3.35. The minimum atomic E-state index is -0.310. The molecule has 34 heavy (non-hydrogen) atoms. The second-order valence-electron chi connectivity index (χ2n) is 8.86. The number of urea groups is 1. The number of hydrogen-bond donors (Lipinski definition) is 2. The number of para-hydroxylation sites is 1. The molecule has 0 fully saturated rings. The second-order valence-corrected chi connectivity index (χ2v) is 8.86. The molecule has 0 aliphatic carbocycles. The van der Waals surface area contributed by atoms with Crippen molar-refractivity contribution in [3.8, 4) is 0 Å². The van der Waals surface area contributed by atoms with Gasteiger partial charge in [0.25, 0.3) is 0 Å². The Balaban J connectivity index is 1.74. The molecule has 0 aliphatic rings. The smallest absolute Gasteiger partial charge is 0.318 e. The van der Waals surface area contributed by atoms with E-state index in [0.29, 0.717) is 26.1 Å². The molecule has 0 aliphatic heterocycles. The van der Waals surface area contributed by atoms with E-state index in [9.17, 15) is 14.0 Å². The highest BCUT2D eigenvalue weighted by atomic mass is 19.1. The van der Waals surface area contributed by atoms with Gasteiger partial charge in [-0.3, -0.25) is 4.79 Å². The Labute approximate surface area is 201 Å². The highest BCUT2D eigenvalue weighted by Gasteiger charge is 2.23. The van der Waals surface area contributed by atoms with Gasteiger partial charge in [-0.1, -0.05) is 43.7 Å². The number of carbonyl (C=O) groups is 2. The molecule has 0 unspecified atom stereocenters. The Bertz CT molecular complexity index is 1080. The van der Waals surface area contributed by atoms with Crippen LogP contribution in [0, 0.1) is 5.82 Å². The number of amides is 3. The van der Waals surface area contributed by atoms with Gasteiger partial charge in [0.15, 0.2) is 0 Å². The fraction of sp³-hybridized carbons (Fsp3) is 0.407. The molecule has 0 radical (unpaired) electrons. The summed E-state index contributed by atoms with van der Waals surface area (Å²) in [6.45, 7) is 7.30. The van der Waals surface area contributed by atoms with E-state index in [0.717, 1.165) is 34.9 Å². The molecule has 3 amide bonds. The number of H-pyrrole nitrogens is 1. The van der Waals surface area contributed by atoms with Crippen molar-refractivity contribution in [3.05, 3.63) is 71.7 Å². The first-order chi connectivity index (χ1) is 16.4. The Morgan fingerprint density at radius 2 is 1.82 bits per heavy atom. The number of nitrogens with zero attached hydrogens (tertiary/aromatic N) is 2. The van der Waals surface area contributed by atoms with E-state index in [1.165, 1.54) is 12.1 Å². The topological polar surface area (TPSA) is 68.4 Å². The van der Waals surface area contributed by atoms with Gasteiger partial charge in [-0.05, 0) is 56.0 Å². The predicted molar refractivity (Wildman–Crippen MR) is 134 cm³/mol. The third kappa shape index (κ3) is 6.83. The lowest BCUT2D eigenvalue weighted by Gasteiger charge is -2.30. The summed E-state index contributed by atoms with van der Waals surface area (Å²) in [5.74, 6) is -0.446. The molecule has 0 saturated heterocycles. The summed E-state index contributed by atoms with van der Waals surface area (Å²) in [4.78, 5) is 32.7. The number of aromatic amines is 1. The Morgan fingerprint density at radius 3 is 2.53 bits per heavy atom. The molecule has 1 aromatic heterocycles. The molecule has 6 nitrogen and oxygen atoms in total. The number of nitrogens with one attached hydrogen (secondary N) is 2. The standard InChI is InChI=1S/C27H35FN4O2/c1-4-5-15-29-27(34)32(20(2)3)19-26(33)31(18-21-10-12-23(28)13-11-21)16-14-22-17-30-25-9-7-6-8-24(22)25/h6-13,17,20,30H,4-5,14-16,18-19H2,1-3H3,(H,29,34). The Kier molecular flexibility index (Phi) is 9.08. The van der Waals surface area contributed by atoms with Crippen LogP contribution in [0.4, 0.5) is 9.18 Å². The van der Waals surface area contributed by atoms with Crippen LogP contribution in [-0.4, -0.2) is 52.4 Å². The third-order valence-corrected chi connectivity index (χ3v) is 5.96. The summed E-state index contributed by atoms with van der Waals surface area (Å²) >= 11 is 0. The number of halogens is 1.